The highest BCUT2D eigenvalue weighted by Crippen LogP contribution is 2.43. The average Bonchev–Trinajstić information content (AvgIpc) is 3.63. The molecule has 0 bridgehead atoms. The zero-order valence-corrected chi connectivity index (χ0v) is 41.6. The molecule has 12 nitrogen and oxygen atoms in total. The lowest BCUT2D eigenvalue weighted by Gasteiger charge is -2.37. The zero-order valence-electron chi connectivity index (χ0n) is 40.0. The number of aromatic hydroxyl groups is 1. The predicted molar refractivity (Wildman–Crippen MR) is 252 cm³/mol. The highest BCUT2D eigenvalue weighted by Gasteiger charge is 2.51. The number of thioether (sulfide) groups is 1. The Morgan fingerprint density at radius 2 is 1.28 bits per heavy atom. The Kier molecular flexibility index (Phi) is 16.4. The Morgan fingerprint density at radius 1 is 0.761 bits per heavy atom. The van der Waals surface area contributed by atoms with Crippen molar-refractivity contribution in [2.24, 2.45) is 17.8 Å². The normalized spacial score (nSPS) is 18.9. The van der Waals surface area contributed by atoms with Crippen molar-refractivity contribution in [2.75, 3.05) is 5.75 Å². The first-order chi connectivity index (χ1) is 31.0. The molecule has 1 aliphatic heterocycles. The van der Waals surface area contributed by atoms with Crippen LogP contribution in [-0.2, 0) is 41.7 Å². The van der Waals surface area contributed by atoms with Crippen molar-refractivity contribution in [1.29, 1.82) is 0 Å². The summed E-state index contributed by atoms with van der Waals surface area (Å²) in [5.41, 5.74) is 2.31. The predicted octanol–water partition coefficient (Wildman–Crippen LogP) is 8.63. The highest BCUT2D eigenvalue weighted by atomic mass is 32.2. The van der Waals surface area contributed by atoms with Crippen molar-refractivity contribution in [2.45, 2.75) is 159 Å². The third-order valence-electron chi connectivity index (χ3n) is 12.6. The first kappa shape index (κ1) is 53.1. The number of nitrogens with one attached hydrogen (secondary N) is 3. The Balaban J connectivity index is 1.22. The van der Waals surface area contributed by atoms with E-state index in [2.05, 4.69) is 56.9 Å². The fourth-order valence-corrected chi connectivity index (χ4v) is 10.8. The van der Waals surface area contributed by atoms with Crippen molar-refractivity contribution >= 4 is 51.2 Å². The lowest BCUT2D eigenvalue weighted by molar-refractivity contribution is -0.175. The number of Topliss-reactive ketones (excluding diaryl/α,β-unsaturated/α-hetero) is 1. The van der Waals surface area contributed by atoms with Crippen LogP contribution in [0.25, 0.3) is 0 Å². The minimum Gasteiger partial charge on any atom is -0.507 e. The van der Waals surface area contributed by atoms with E-state index in [0.717, 1.165) is 52.3 Å². The van der Waals surface area contributed by atoms with Gasteiger partial charge in [-0.25, -0.2) is 13.1 Å². The minimum absolute atomic E-state index is 0.00359. The van der Waals surface area contributed by atoms with Crippen molar-refractivity contribution in [3.05, 3.63) is 88.5 Å². The van der Waals surface area contributed by atoms with Gasteiger partial charge in [-0.15, -0.1) is 11.8 Å². The molecule has 4 amide bonds. The number of alkyl halides is 3. The number of ketones is 1. The summed E-state index contributed by atoms with van der Waals surface area (Å²) >= 11 is 1.66. The Labute approximate surface area is 397 Å². The van der Waals surface area contributed by atoms with Gasteiger partial charge in [0, 0.05) is 38.9 Å². The number of benzene rings is 3. The molecule has 17 heteroatoms. The second-order valence-electron chi connectivity index (χ2n) is 20.5. The molecule has 2 fully saturated rings. The molecule has 2 aliphatic rings. The van der Waals surface area contributed by atoms with Gasteiger partial charge in [0.15, 0.2) is 0 Å². The monoisotopic (exact) mass is 970 g/mol. The Hall–Kier alpha value is -4.90. The number of rotatable bonds is 15. The van der Waals surface area contributed by atoms with Gasteiger partial charge in [0.25, 0.3) is 27.6 Å². The standard InChI is InChI=1S/C50H65F3N4O8S2/c1-28(2)40(43(59)50(51,52)53)54-46(62)39-25-33-13-11-12-14-38(33)57(39)47(63)41(29(3)4)55-44(60)31-19-21-35(22-20-31)67(64,65)56-45(61)32-17-15-30(16-18-32)23-24-66-34-26-36(48(5,6)7)42(58)37(27-34)49(8,9)10/h15-22,26-29,33,38-41,58H,11-14,23-25H2,1-10H3,(H,54,62)(H,55,60)(H,56,61)/t33-,38-,39-,40-,41-/m0/s1. The number of likely N-dealkylation sites (tertiary alicyclic amines) is 1. The van der Waals surface area contributed by atoms with Crippen LogP contribution in [0.4, 0.5) is 13.2 Å². The van der Waals surface area contributed by atoms with Gasteiger partial charge in [0.2, 0.25) is 11.8 Å². The molecular weight excluding hydrogens is 906 g/mol. The molecule has 4 N–H and O–H groups in total. The molecule has 5 atom stereocenters. The van der Waals surface area contributed by atoms with Gasteiger partial charge in [-0.2, -0.15) is 13.2 Å². The fourth-order valence-electron chi connectivity index (χ4n) is 8.84. The molecule has 0 radical (unpaired) electrons. The third kappa shape index (κ3) is 12.8. The number of hydrogen-bond acceptors (Lipinski definition) is 9. The van der Waals surface area contributed by atoms with Crippen LogP contribution < -0.4 is 15.4 Å². The molecule has 3 aromatic carbocycles. The topological polar surface area (TPSA) is 179 Å². The quantitative estimate of drug-likeness (QED) is 0.109. The number of hydrogen-bond donors (Lipinski definition) is 4. The Bertz CT molecular complexity index is 2390. The average molecular weight is 971 g/mol. The van der Waals surface area contributed by atoms with E-state index in [0.29, 0.717) is 25.0 Å². The first-order valence-corrected chi connectivity index (χ1v) is 25.3. The number of fused-ring (bicyclic) bond motifs is 1. The molecule has 0 spiro atoms. The van der Waals surface area contributed by atoms with Gasteiger partial charge in [0.1, 0.15) is 17.8 Å². The summed E-state index contributed by atoms with van der Waals surface area (Å²) in [6, 6.07) is 10.9. The summed E-state index contributed by atoms with van der Waals surface area (Å²) in [5, 5.41) is 16.1. The fraction of sp³-hybridized carbons (Fsp3) is 0.540. The molecule has 366 valence electrons. The van der Waals surface area contributed by atoms with Gasteiger partial charge in [0.05, 0.1) is 10.9 Å². The van der Waals surface area contributed by atoms with Crippen LogP contribution in [0.15, 0.2) is 70.5 Å². The van der Waals surface area contributed by atoms with Gasteiger partial charge >= 0.3 is 6.18 Å². The number of sulfonamides is 1. The molecule has 1 saturated carbocycles. The zero-order chi connectivity index (χ0) is 50.0. The summed E-state index contributed by atoms with van der Waals surface area (Å²) in [5.74, 6) is -5.55. The molecule has 3 aromatic rings. The van der Waals surface area contributed by atoms with Crippen molar-refractivity contribution in [3.8, 4) is 5.75 Å². The molecule has 1 aliphatic carbocycles. The maximum absolute atomic E-state index is 14.4. The van der Waals surface area contributed by atoms with E-state index in [-0.39, 0.29) is 39.2 Å². The number of carbonyl (C=O) groups is 5. The lowest BCUT2D eigenvalue weighted by Crippen LogP contribution is -2.59. The van der Waals surface area contributed by atoms with Crippen molar-refractivity contribution in [3.63, 3.8) is 0 Å². The summed E-state index contributed by atoms with van der Waals surface area (Å²) in [7, 11) is -4.39. The molecule has 0 aromatic heterocycles. The molecule has 67 heavy (non-hydrogen) atoms. The SMILES string of the molecule is CC(C)[C@H](NC(=O)c1ccc(S(=O)(=O)NC(=O)c2ccc(CCSc3cc(C(C)(C)C)c(O)c(C(C)(C)C)c3)cc2)cc1)C(=O)N1[C@H](C(=O)N[C@H](C(=O)C(F)(F)F)C(C)C)C[C@@H]2CCCC[C@@H]21. The van der Waals surface area contributed by atoms with E-state index in [1.165, 1.54) is 30.9 Å². The molecule has 0 unspecified atom stereocenters. The molecule has 1 heterocycles. The molecule has 5 rings (SSSR count). The maximum Gasteiger partial charge on any atom is 0.452 e. The van der Waals surface area contributed by atoms with Crippen LogP contribution in [0.3, 0.4) is 0 Å². The summed E-state index contributed by atoms with van der Waals surface area (Å²) in [6.45, 7) is 18.6. The van der Waals surface area contributed by atoms with E-state index in [4.69, 9.17) is 0 Å². The van der Waals surface area contributed by atoms with Crippen LogP contribution >= 0.6 is 11.8 Å². The summed E-state index contributed by atoms with van der Waals surface area (Å²) in [4.78, 5) is 69.3. The first-order valence-electron chi connectivity index (χ1n) is 22.8. The van der Waals surface area contributed by atoms with E-state index in [1.54, 1.807) is 49.9 Å². The number of aryl methyl sites for hydroxylation is 1. The largest absolute Gasteiger partial charge is 0.507 e. The van der Waals surface area contributed by atoms with Crippen LogP contribution in [0.2, 0.25) is 0 Å². The third-order valence-corrected chi connectivity index (χ3v) is 14.9. The van der Waals surface area contributed by atoms with E-state index in [1.807, 2.05) is 12.1 Å². The van der Waals surface area contributed by atoms with Gasteiger partial charge in [-0.05, 0) is 108 Å². The Morgan fingerprint density at radius 3 is 1.81 bits per heavy atom. The van der Waals surface area contributed by atoms with E-state index >= 15 is 0 Å². The van der Waals surface area contributed by atoms with Crippen LogP contribution in [-0.4, -0.2) is 83.9 Å². The smallest absolute Gasteiger partial charge is 0.452 e. The number of nitrogens with zero attached hydrogens (tertiary/aromatic N) is 1. The number of phenolic OH excluding ortho intramolecular Hbond substituents is 1. The second-order valence-corrected chi connectivity index (χ2v) is 23.4. The van der Waals surface area contributed by atoms with E-state index in [9.17, 15) is 50.7 Å². The van der Waals surface area contributed by atoms with Crippen molar-refractivity contribution < 1.29 is 50.7 Å². The van der Waals surface area contributed by atoms with Gasteiger partial charge < -0.3 is 20.6 Å². The van der Waals surface area contributed by atoms with Crippen LogP contribution in [0.1, 0.15) is 139 Å². The number of carbonyl (C=O) groups excluding carboxylic acids is 5. The highest BCUT2D eigenvalue weighted by molar-refractivity contribution is 7.99. The van der Waals surface area contributed by atoms with Gasteiger partial charge in [-0.3, -0.25) is 24.0 Å². The summed E-state index contributed by atoms with van der Waals surface area (Å²) in [6.07, 6.45) is -1.43. The second kappa shape index (κ2) is 20.8. The number of amides is 4. The van der Waals surface area contributed by atoms with Crippen LogP contribution in [0.5, 0.6) is 5.75 Å². The lowest BCUT2D eigenvalue weighted by atomic mass is 9.79. The van der Waals surface area contributed by atoms with E-state index < -0.39 is 81.6 Å². The van der Waals surface area contributed by atoms with Crippen molar-refractivity contribution in [1.82, 2.24) is 20.3 Å². The molecule has 1 saturated heterocycles. The maximum atomic E-state index is 14.4. The summed E-state index contributed by atoms with van der Waals surface area (Å²) < 4.78 is 69.1. The number of halogens is 3. The van der Waals surface area contributed by atoms with Gasteiger partial charge in [-0.1, -0.05) is 94.2 Å². The minimum atomic E-state index is -5.18. The number of phenols is 1. The van der Waals surface area contributed by atoms with Crippen LogP contribution in [0, 0.1) is 17.8 Å². The molecular formula is C50H65F3N4O8S2.